The highest BCUT2D eigenvalue weighted by Gasteiger charge is 2.12. The molecule has 0 saturated heterocycles. The Morgan fingerprint density at radius 2 is 1.77 bits per heavy atom. The van der Waals surface area contributed by atoms with Gasteiger partial charge in [0.15, 0.2) is 0 Å². The first-order valence-electron chi connectivity index (χ1n) is 10.2. The van der Waals surface area contributed by atoms with Crippen LogP contribution in [0.1, 0.15) is 44.0 Å². The largest absolute Gasteiger partial charge is 0.366 e. The Labute approximate surface area is 183 Å². The van der Waals surface area contributed by atoms with Crippen molar-refractivity contribution in [1.29, 1.82) is 0 Å². The van der Waals surface area contributed by atoms with E-state index in [1.165, 1.54) is 11.1 Å². The van der Waals surface area contributed by atoms with Gasteiger partial charge < -0.3 is 10.6 Å². The summed E-state index contributed by atoms with van der Waals surface area (Å²) in [5, 5.41) is 4.64. The second-order valence-electron chi connectivity index (χ2n) is 7.82. The van der Waals surface area contributed by atoms with Crippen molar-refractivity contribution in [3.63, 3.8) is 0 Å². The lowest BCUT2D eigenvalue weighted by atomic mass is 10.1. The van der Waals surface area contributed by atoms with Gasteiger partial charge in [0, 0.05) is 36.5 Å². The van der Waals surface area contributed by atoms with Crippen LogP contribution < -0.4 is 5.73 Å². The van der Waals surface area contributed by atoms with E-state index in [2.05, 4.69) is 36.3 Å². The van der Waals surface area contributed by atoms with Gasteiger partial charge in [-0.3, -0.25) is 14.3 Å². The van der Waals surface area contributed by atoms with Gasteiger partial charge in [0.1, 0.15) is 0 Å². The number of nitrogens with two attached hydrogens (primary N) is 1. The number of benzene rings is 2. The van der Waals surface area contributed by atoms with Gasteiger partial charge in [-0.25, -0.2) is 0 Å². The lowest BCUT2D eigenvalue weighted by Gasteiger charge is -2.15. The molecule has 0 spiro atoms. The molecule has 6 nitrogen and oxygen atoms in total. The number of aromatic nitrogens is 2. The number of hydrogen-bond acceptors (Lipinski definition) is 3. The molecule has 2 aromatic carbocycles. The molecule has 3 aromatic rings. The van der Waals surface area contributed by atoms with Gasteiger partial charge in [0.2, 0.25) is 11.8 Å². The van der Waals surface area contributed by atoms with Crippen molar-refractivity contribution < 1.29 is 9.59 Å². The van der Waals surface area contributed by atoms with Crippen molar-refractivity contribution in [2.24, 2.45) is 5.73 Å². The Morgan fingerprint density at radius 1 is 1.06 bits per heavy atom. The number of rotatable bonds is 7. The minimum absolute atomic E-state index is 0.130. The van der Waals surface area contributed by atoms with Crippen molar-refractivity contribution >= 4 is 17.9 Å². The summed E-state index contributed by atoms with van der Waals surface area (Å²) in [4.78, 5) is 25.6. The first kappa shape index (κ1) is 22.0. The monoisotopic (exact) mass is 416 g/mol. The predicted molar refractivity (Wildman–Crippen MR) is 122 cm³/mol. The van der Waals surface area contributed by atoms with Crippen LogP contribution in [-0.2, 0) is 17.9 Å². The Hall–Kier alpha value is -3.67. The van der Waals surface area contributed by atoms with Crippen molar-refractivity contribution in [2.45, 2.75) is 33.9 Å². The number of likely N-dealkylation sites (N-methyl/N-ethyl adjacent to an activating group) is 1. The third-order valence-corrected chi connectivity index (χ3v) is 5.29. The van der Waals surface area contributed by atoms with E-state index in [1.807, 2.05) is 30.7 Å². The molecule has 0 aliphatic carbocycles. The zero-order valence-corrected chi connectivity index (χ0v) is 18.4. The normalized spacial score (nSPS) is 11.1. The van der Waals surface area contributed by atoms with Gasteiger partial charge in [-0.15, -0.1) is 0 Å². The Balaban J connectivity index is 1.70. The van der Waals surface area contributed by atoms with E-state index in [0.717, 1.165) is 22.5 Å². The standard InChI is InChI=1S/C25H28N4O2/c1-17-8-10-20(11-9-17)16-29-19(3)23(18(2)27-29)12-13-24(30)28(4)15-21-6-5-7-22(14-21)25(26)31/h5-14H,15-16H2,1-4H3,(H2,26,31). The summed E-state index contributed by atoms with van der Waals surface area (Å²) >= 11 is 0. The fourth-order valence-electron chi connectivity index (χ4n) is 3.43. The molecule has 2 amide bonds. The molecule has 3 rings (SSSR count). The van der Waals surface area contributed by atoms with Crippen molar-refractivity contribution in [3.8, 4) is 0 Å². The number of carbonyl (C=O) groups is 2. The molecule has 0 aliphatic heterocycles. The van der Waals surface area contributed by atoms with Gasteiger partial charge in [-0.05, 0) is 50.1 Å². The maximum Gasteiger partial charge on any atom is 0.248 e. The highest BCUT2D eigenvalue weighted by atomic mass is 16.2. The van der Waals surface area contributed by atoms with Crippen LogP contribution in [0.15, 0.2) is 54.6 Å². The van der Waals surface area contributed by atoms with Crippen LogP contribution in [0.3, 0.4) is 0 Å². The van der Waals surface area contributed by atoms with Crippen LogP contribution >= 0.6 is 0 Å². The minimum atomic E-state index is -0.482. The van der Waals surface area contributed by atoms with Crippen molar-refractivity contribution in [2.75, 3.05) is 7.05 Å². The summed E-state index contributed by atoms with van der Waals surface area (Å²) in [7, 11) is 1.73. The van der Waals surface area contributed by atoms with Gasteiger partial charge in [-0.1, -0.05) is 42.0 Å². The van der Waals surface area contributed by atoms with Gasteiger partial charge in [0.25, 0.3) is 0 Å². The average molecular weight is 417 g/mol. The highest BCUT2D eigenvalue weighted by Crippen LogP contribution is 2.17. The molecule has 0 saturated carbocycles. The average Bonchev–Trinajstić information content (AvgIpc) is 3.00. The fraction of sp³-hybridized carbons (Fsp3) is 0.240. The summed E-state index contributed by atoms with van der Waals surface area (Å²) in [6.07, 6.45) is 3.38. The van der Waals surface area contributed by atoms with Gasteiger partial charge in [-0.2, -0.15) is 5.10 Å². The minimum Gasteiger partial charge on any atom is -0.366 e. The second kappa shape index (κ2) is 9.43. The molecule has 1 heterocycles. The lowest BCUT2D eigenvalue weighted by Crippen LogP contribution is -2.24. The Bertz CT molecular complexity index is 1130. The molecule has 2 N–H and O–H groups in total. The highest BCUT2D eigenvalue weighted by molar-refractivity contribution is 5.93. The van der Waals surface area contributed by atoms with E-state index in [4.69, 9.17) is 5.73 Å². The third-order valence-electron chi connectivity index (χ3n) is 5.29. The summed E-state index contributed by atoms with van der Waals surface area (Å²) < 4.78 is 1.96. The summed E-state index contributed by atoms with van der Waals surface area (Å²) in [6.45, 7) is 7.09. The first-order chi connectivity index (χ1) is 14.7. The first-order valence-corrected chi connectivity index (χ1v) is 10.2. The number of carbonyl (C=O) groups excluding carboxylic acids is 2. The zero-order valence-electron chi connectivity index (χ0n) is 18.4. The zero-order chi connectivity index (χ0) is 22.5. The van der Waals surface area contributed by atoms with E-state index in [1.54, 1.807) is 36.2 Å². The molecule has 0 fully saturated rings. The molecule has 1 aromatic heterocycles. The van der Waals surface area contributed by atoms with E-state index >= 15 is 0 Å². The molecule has 6 heteroatoms. The number of nitrogens with zero attached hydrogens (tertiary/aromatic N) is 3. The number of hydrogen-bond donors (Lipinski definition) is 1. The molecule has 31 heavy (non-hydrogen) atoms. The van der Waals surface area contributed by atoms with Crippen LogP contribution in [0.2, 0.25) is 0 Å². The number of aryl methyl sites for hydroxylation is 2. The van der Waals surface area contributed by atoms with E-state index in [-0.39, 0.29) is 5.91 Å². The molecule has 160 valence electrons. The van der Waals surface area contributed by atoms with Crippen LogP contribution in [0.25, 0.3) is 6.08 Å². The van der Waals surface area contributed by atoms with Gasteiger partial charge in [0.05, 0.1) is 12.2 Å². The van der Waals surface area contributed by atoms with Crippen LogP contribution in [-0.4, -0.2) is 33.5 Å². The molecule has 0 radical (unpaired) electrons. The second-order valence-corrected chi connectivity index (χ2v) is 7.82. The van der Waals surface area contributed by atoms with Crippen molar-refractivity contribution in [3.05, 3.63) is 93.8 Å². The smallest absolute Gasteiger partial charge is 0.248 e. The summed E-state index contributed by atoms with van der Waals surface area (Å²) in [6, 6.07) is 15.4. The lowest BCUT2D eigenvalue weighted by molar-refractivity contribution is -0.125. The summed E-state index contributed by atoms with van der Waals surface area (Å²) in [5.74, 6) is -0.612. The van der Waals surface area contributed by atoms with Gasteiger partial charge >= 0.3 is 0 Å². The van der Waals surface area contributed by atoms with E-state index < -0.39 is 5.91 Å². The molecule has 0 unspecified atom stereocenters. The topological polar surface area (TPSA) is 81.2 Å². The molecule has 0 aliphatic rings. The Kier molecular flexibility index (Phi) is 6.70. The SMILES string of the molecule is Cc1ccc(Cn2nc(C)c(C=CC(=O)N(C)Cc3cccc(C(N)=O)c3)c2C)cc1. The number of amides is 2. The van der Waals surface area contributed by atoms with Crippen molar-refractivity contribution in [1.82, 2.24) is 14.7 Å². The quantitative estimate of drug-likeness (QED) is 0.597. The third kappa shape index (κ3) is 5.48. The molecular formula is C25H28N4O2. The number of primary amides is 1. The molecule has 0 bridgehead atoms. The van der Waals surface area contributed by atoms with Crippen LogP contribution in [0, 0.1) is 20.8 Å². The van der Waals surface area contributed by atoms with E-state index in [0.29, 0.717) is 18.7 Å². The Morgan fingerprint density at radius 3 is 2.45 bits per heavy atom. The molecular weight excluding hydrogens is 388 g/mol. The predicted octanol–water partition coefficient (Wildman–Crippen LogP) is 3.63. The maximum absolute atomic E-state index is 12.6. The van der Waals surface area contributed by atoms with E-state index in [9.17, 15) is 9.59 Å². The maximum atomic E-state index is 12.6. The van der Waals surface area contributed by atoms with Crippen LogP contribution in [0.4, 0.5) is 0 Å². The molecule has 0 atom stereocenters. The summed E-state index contributed by atoms with van der Waals surface area (Å²) in [5.41, 5.74) is 11.9. The fourth-order valence-corrected chi connectivity index (χ4v) is 3.43. The van der Waals surface area contributed by atoms with Crippen LogP contribution in [0.5, 0.6) is 0 Å².